The molecule has 1 aliphatic rings. The van der Waals surface area contributed by atoms with Crippen molar-refractivity contribution < 1.29 is 5.11 Å². The van der Waals surface area contributed by atoms with E-state index in [-0.39, 0.29) is 11.7 Å². The van der Waals surface area contributed by atoms with Gasteiger partial charge in [-0.05, 0) is 37.7 Å². The smallest absolute Gasteiger partial charge is 0.259 e. The Balaban J connectivity index is 1.82. The van der Waals surface area contributed by atoms with E-state index in [9.17, 15) is 9.90 Å². The van der Waals surface area contributed by atoms with Gasteiger partial charge >= 0.3 is 0 Å². The molecule has 2 aromatic rings. The summed E-state index contributed by atoms with van der Waals surface area (Å²) in [5.41, 5.74) is -0.0565. The molecule has 2 aromatic heterocycles. The second kappa shape index (κ2) is 9.81. The molecule has 3 rings (SSSR count). The van der Waals surface area contributed by atoms with E-state index in [0.29, 0.717) is 36.3 Å². The third-order valence-corrected chi connectivity index (χ3v) is 6.96. The Hall–Kier alpha value is -1.50. The lowest BCUT2D eigenvalue weighted by Crippen LogP contribution is -2.41. The molecule has 0 aromatic carbocycles. The lowest BCUT2D eigenvalue weighted by molar-refractivity contribution is 0.0622. The third-order valence-electron chi connectivity index (χ3n) is 5.63. The zero-order valence-corrected chi connectivity index (χ0v) is 17.9. The monoisotopic (exact) mass is 403 g/mol. The highest BCUT2D eigenvalue weighted by Gasteiger charge is 2.24. The van der Waals surface area contributed by atoms with Crippen molar-refractivity contribution in [3.8, 4) is 0 Å². The van der Waals surface area contributed by atoms with Gasteiger partial charge in [0.1, 0.15) is 10.7 Å². The van der Waals surface area contributed by atoms with Crippen LogP contribution in [0.5, 0.6) is 0 Å². The van der Waals surface area contributed by atoms with E-state index < -0.39 is 0 Å². The summed E-state index contributed by atoms with van der Waals surface area (Å²) < 4.78 is 0. The fourth-order valence-corrected chi connectivity index (χ4v) is 5.06. The van der Waals surface area contributed by atoms with E-state index in [1.807, 2.05) is 12.1 Å². The average molecular weight is 404 g/mol. The maximum Gasteiger partial charge on any atom is 0.259 e. The van der Waals surface area contributed by atoms with Crippen molar-refractivity contribution in [1.29, 1.82) is 0 Å². The van der Waals surface area contributed by atoms with Crippen LogP contribution >= 0.6 is 11.3 Å². The number of hydrogen-bond acceptors (Lipinski definition) is 5. The van der Waals surface area contributed by atoms with Crippen molar-refractivity contribution in [3.63, 3.8) is 0 Å². The van der Waals surface area contributed by atoms with Gasteiger partial charge in [0.05, 0.1) is 18.0 Å². The molecule has 1 unspecified atom stereocenters. The normalized spacial score (nSPS) is 16.9. The van der Waals surface area contributed by atoms with Gasteiger partial charge < -0.3 is 10.1 Å². The Labute approximate surface area is 171 Å². The van der Waals surface area contributed by atoms with Gasteiger partial charge in [-0.25, -0.2) is 4.98 Å². The van der Waals surface area contributed by atoms with Crippen molar-refractivity contribution in [2.24, 2.45) is 0 Å². The number of aliphatic hydroxyl groups excluding tert-OH is 1. The van der Waals surface area contributed by atoms with Gasteiger partial charge in [-0.15, -0.1) is 17.9 Å². The molecule has 6 heteroatoms. The number of aromatic amines is 1. The summed E-state index contributed by atoms with van der Waals surface area (Å²) in [7, 11) is 0. The molecule has 1 fully saturated rings. The molecule has 0 bridgehead atoms. The molecule has 0 radical (unpaired) electrons. The topological polar surface area (TPSA) is 69.2 Å². The number of hydrogen-bond donors (Lipinski definition) is 2. The van der Waals surface area contributed by atoms with Gasteiger partial charge in [0, 0.05) is 17.5 Å². The minimum atomic E-state index is -0.385. The molecular weight excluding hydrogens is 370 g/mol. The van der Waals surface area contributed by atoms with Gasteiger partial charge in [0.15, 0.2) is 0 Å². The van der Waals surface area contributed by atoms with Crippen LogP contribution in [-0.2, 0) is 6.54 Å². The van der Waals surface area contributed by atoms with Crippen LogP contribution in [0.2, 0.25) is 0 Å². The van der Waals surface area contributed by atoms with Gasteiger partial charge in [-0.1, -0.05) is 39.2 Å². The van der Waals surface area contributed by atoms with Crippen LogP contribution in [0, 0.1) is 0 Å². The fraction of sp³-hybridized carbons (Fsp3) is 0.636. The van der Waals surface area contributed by atoms with E-state index in [2.05, 4.69) is 30.3 Å². The molecule has 0 saturated heterocycles. The zero-order chi connectivity index (χ0) is 20.1. The first-order chi connectivity index (χ1) is 13.5. The summed E-state index contributed by atoms with van der Waals surface area (Å²) in [5.74, 6) is 1.09. The number of H-pyrrole nitrogens is 1. The lowest BCUT2D eigenvalue weighted by Gasteiger charge is -2.35. The fourth-order valence-electron chi connectivity index (χ4n) is 4.01. The number of aromatic nitrogens is 2. The van der Waals surface area contributed by atoms with Crippen LogP contribution in [0.1, 0.15) is 75.4 Å². The Morgan fingerprint density at radius 3 is 2.82 bits per heavy atom. The standard InChI is InChI=1S/C22H33N3O2S/c1-4-5-11-17(26)13-25(16-9-7-6-8-10-16)14-20-23-21(27)18-12-19(15(2)3)28-22(18)24-20/h4,12,15-17,26H,1,5-11,13-14H2,2-3H3,(H,23,24,27). The summed E-state index contributed by atoms with van der Waals surface area (Å²) >= 11 is 1.61. The summed E-state index contributed by atoms with van der Waals surface area (Å²) in [6.45, 7) is 9.21. The molecule has 1 saturated carbocycles. The van der Waals surface area contributed by atoms with Crippen molar-refractivity contribution in [1.82, 2.24) is 14.9 Å². The van der Waals surface area contributed by atoms with Gasteiger partial charge in [-0.2, -0.15) is 0 Å². The Bertz CT molecular complexity index is 836. The highest BCUT2D eigenvalue weighted by atomic mass is 32.1. The first-order valence-electron chi connectivity index (χ1n) is 10.5. The van der Waals surface area contributed by atoms with Crippen molar-refractivity contribution in [3.05, 3.63) is 39.8 Å². The first-order valence-corrected chi connectivity index (χ1v) is 11.3. The minimum absolute atomic E-state index is 0.0565. The summed E-state index contributed by atoms with van der Waals surface area (Å²) in [6, 6.07) is 2.42. The summed E-state index contributed by atoms with van der Waals surface area (Å²) in [4.78, 5) is 24.7. The van der Waals surface area contributed by atoms with Crippen LogP contribution in [0.25, 0.3) is 10.2 Å². The number of thiophene rings is 1. The predicted octanol–water partition coefficient (Wildman–Crippen LogP) is 4.57. The number of aliphatic hydroxyl groups is 1. The summed E-state index contributed by atoms with van der Waals surface area (Å²) in [6.07, 6.45) is 9.05. The molecule has 0 spiro atoms. The Kier molecular flexibility index (Phi) is 7.43. The van der Waals surface area contributed by atoms with Gasteiger partial charge in [0.2, 0.25) is 0 Å². The van der Waals surface area contributed by atoms with Crippen molar-refractivity contribution in [2.45, 2.75) is 83.4 Å². The maximum absolute atomic E-state index is 12.6. The average Bonchev–Trinajstić information content (AvgIpc) is 3.12. The van der Waals surface area contributed by atoms with Crippen LogP contribution in [0.4, 0.5) is 0 Å². The van der Waals surface area contributed by atoms with Crippen LogP contribution in [0.3, 0.4) is 0 Å². The highest BCUT2D eigenvalue weighted by molar-refractivity contribution is 7.18. The Morgan fingerprint density at radius 1 is 1.39 bits per heavy atom. The number of nitrogens with zero attached hydrogens (tertiary/aromatic N) is 2. The van der Waals surface area contributed by atoms with Gasteiger partial charge in [-0.3, -0.25) is 9.69 Å². The molecule has 1 atom stereocenters. The van der Waals surface area contributed by atoms with E-state index in [0.717, 1.165) is 30.5 Å². The molecule has 0 amide bonds. The van der Waals surface area contributed by atoms with E-state index in [1.54, 1.807) is 11.3 Å². The quantitative estimate of drug-likeness (QED) is 0.602. The molecular formula is C22H33N3O2S. The Morgan fingerprint density at radius 2 is 2.14 bits per heavy atom. The molecule has 28 heavy (non-hydrogen) atoms. The summed E-state index contributed by atoms with van der Waals surface area (Å²) in [5, 5.41) is 11.2. The minimum Gasteiger partial charge on any atom is -0.392 e. The van der Waals surface area contributed by atoms with Gasteiger partial charge in [0.25, 0.3) is 5.56 Å². The number of fused-ring (bicyclic) bond motifs is 1. The maximum atomic E-state index is 12.6. The number of rotatable bonds is 9. The largest absolute Gasteiger partial charge is 0.392 e. The molecule has 2 heterocycles. The number of allylic oxidation sites excluding steroid dienone is 1. The number of nitrogens with one attached hydrogen (secondary N) is 1. The van der Waals surface area contributed by atoms with Crippen LogP contribution < -0.4 is 5.56 Å². The third kappa shape index (κ3) is 5.31. The first kappa shape index (κ1) is 21.2. The van der Waals surface area contributed by atoms with E-state index in [4.69, 9.17) is 4.98 Å². The second-order valence-electron chi connectivity index (χ2n) is 8.28. The lowest BCUT2D eigenvalue weighted by atomic mass is 9.93. The van der Waals surface area contributed by atoms with E-state index in [1.165, 1.54) is 24.1 Å². The molecule has 0 aliphatic heterocycles. The zero-order valence-electron chi connectivity index (χ0n) is 17.1. The van der Waals surface area contributed by atoms with E-state index >= 15 is 0 Å². The second-order valence-corrected chi connectivity index (χ2v) is 9.34. The van der Waals surface area contributed by atoms with Crippen LogP contribution in [0.15, 0.2) is 23.5 Å². The predicted molar refractivity (Wildman–Crippen MR) is 117 cm³/mol. The van der Waals surface area contributed by atoms with Crippen LogP contribution in [-0.4, -0.2) is 38.7 Å². The van der Waals surface area contributed by atoms with Crippen molar-refractivity contribution >= 4 is 21.6 Å². The molecule has 5 nitrogen and oxygen atoms in total. The molecule has 1 aliphatic carbocycles. The SMILES string of the molecule is C=CCCC(O)CN(Cc1nc2sc(C(C)C)cc2c(=O)[nH]1)C1CCCCC1. The molecule has 154 valence electrons. The molecule has 2 N–H and O–H groups in total. The highest BCUT2D eigenvalue weighted by Crippen LogP contribution is 2.28. The van der Waals surface area contributed by atoms with Crippen molar-refractivity contribution in [2.75, 3.05) is 6.54 Å².